The molecule has 1 aliphatic heterocycles. The highest BCUT2D eigenvalue weighted by Crippen LogP contribution is 2.39. The van der Waals surface area contributed by atoms with Crippen molar-refractivity contribution in [3.8, 4) is 0 Å². The molecule has 0 amide bonds. The third-order valence-electron chi connectivity index (χ3n) is 4.38. The second-order valence-corrected chi connectivity index (χ2v) is 5.83. The van der Waals surface area contributed by atoms with Crippen LogP contribution in [-0.4, -0.2) is 19.1 Å². The van der Waals surface area contributed by atoms with Gasteiger partial charge in [0.05, 0.1) is 0 Å². The van der Waals surface area contributed by atoms with Crippen LogP contribution in [0, 0.1) is 0 Å². The van der Waals surface area contributed by atoms with Crippen molar-refractivity contribution in [1.82, 2.24) is 0 Å². The van der Waals surface area contributed by atoms with Crippen molar-refractivity contribution in [3.63, 3.8) is 0 Å². The molecule has 2 heteroatoms. The summed E-state index contributed by atoms with van der Waals surface area (Å²) in [6.07, 6.45) is 6.41. The van der Waals surface area contributed by atoms with Gasteiger partial charge in [-0.3, -0.25) is 0 Å². The Labute approximate surface area is 118 Å². The fourth-order valence-electron chi connectivity index (χ4n) is 3.24. The van der Waals surface area contributed by atoms with Crippen molar-refractivity contribution < 1.29 is 0 Å². The van der Waals surface area contributed by atoms with Crippen LogP contribution in [-0.2, 0) is 0 Å². The van der Waals surface area contributed by atoms with E-state index in [1.54, 1.807) is 0 Å². The number of para-hydroxylation sites is 1. The summed E-state index contributed by atoms with van der Waals surface area (Å²) in [5.74, 6) is 0.634. The summed E-state index contributed by atoms with van der Waals surface area (Å²) in [7, 11) is 0. The number of anilines is 1. The van der Waals surface area contributed by atoms with Gasteiger partial charge in [0.1, 0.15) is 0 Å². The summed E-state index contributed by atoms with van der Waals surface area (Å²) in [5.41, 5.74) is 8.73. The van der Waals surface area contributed by atoms with Crippen LogP contribution in [0.5, 0.6) is 0 Å². The molecule has 0 saturated heterocycles. The van der Waals surface area contributed by atoms with Crippen molar-refractivity contribution in [1.29, 1.82) is 0 Å². The molecule has 0 saturated carbocycles. The number of nitrogens with two attached hydrogens (primary N) is 1. The van der Waals surface area contributed by atoms with E-state index in [0.29, 0.717) is 12.0 Å². The first-order valence-electron chi connectivity index (χ1n) is 7.83. The summed E-state index contributed by atoms with van der Waals surface area (Å²) in [6, 6.07) is 9.54. The van der Waals surface area contributed by atoms with Crippen LogP contribution in [0.1, 0.15) is 57.4 Å². The van der Waals surface area contributed by atoms with Gasteiger partial charge >= 0.3 is 0 Å². The van der Waals surface area contributed by atoms with Crippen LogP contribution in [0.3, 0.4) is 0 Å². The lowest BCUT2D eigenvalue weighted by molar-refractivity contribution is 0.534. The molecule has 2 nitrogen and oxygen atoms in total. The molecular weight excluding hydrogens is 232 g/mol. The fraction of sp³-hybridized carbons (Fsp3) is 0.647. The number of fused-ring (bicyclic) bond motifs is 1. The molecule has 0 aliphatic carbocycles. The molecule has 1 aromatic rings. The zero-order valence-electron chi connectivity index (χ0n) is 12.4. The van der Waals surface area contributed by atoms with E-state index < -0.39 is 0 Å². The van der Waals surface area contributed by atoms with Gasteiger partial charge in [-0.2, -0.15) is 0 Å². The standard InChI is InChI=1S/C17H28N2/c1-3-4-5-8-14(2)19-13-15(11-12-18)16-9-6-7-10-17(16)19/h6-7,9-10,14-15H,3-5,8,11-13,18H2,1-2H3. The SMILES string of the molecule is CCCCCC(C)N1CC(CCN)c2ccccc21. The highest BCUT2D eigenvalue weighted by atomic mass is 15.2. The van der Waals surface area contributed by atoms with Gasteiger partial charge in [-0.15, -0.1) is 0 Å². The summed E-state index contributed by atoms with van der Waals surface area (Å²) in [4.78, 5) is 2.60. The first-order chi connectivity index (χ1) is 9.27. The van der Waals surface area contributed by atoms with E-state index in [-0.39, 0.29) is 0 Å². The van der Waals surface area contributed by atoms with Gasteiger partial charge in [-0.05, 0) is 37.9 Å². The predicted octanol–water partition coefficient (Wildman–Crippen LogP) is 3.91. The number of nitrogens with zero attached hydrogens (tertiary/aromatic N) is 1. The Kier molecular flexibility index (Phi) is 5.26. The monoisotopic (exact) mass is 260 g/mol. The van der Waals surface area contributed by atoms with Gasteiger partial charge in [0.15, 0.2) is 0 Å². The molecule has 1 aliphatic rings. The van der Waals surface area contributed by atoms with Crippen LogP contribution >= 0.6 is 0 Å². The molecule has 0 spiro atoms. The van der Waals surface area contributed by atoms with E-state index in [2.05, 4.69) is 43.0 Å². The molecule has 106 valence electrons. The predicted molar refractivity (Wildman–Crippen MR) is 83.8 cm³/mol. The van der Waals surface area contributed by atoms with Gasteiger partial charge in [0.25, 0.3) is 0 Å². The molecule has 1 aromatic carbocycles. The van der Waals surface area contributed by atoms with Gasteiger partial charge in [-0.25, -0.2) is 0 Å². The number of rotatable bonds is 7. The van der Waals surface area contributed by atoms with Gasteiger partial charge in [-0.1, -0.05) is 44.4 Å². The first kappa shape index (κ1) is 14.4. The number of unbranched alkanes of at least 4 members (excludes halogenated alkanes) is 2. The Balaban J connectivity index is 2.06. The fourth-order valence-corrected chi connectivity index (χ4v) is 3.24. The first-order valence-corrected chi connectivity index (χ1v) is 7.83. The Hall–Kier alpha value is -1.02. The Morgan fingerprint density at radius 1 is 1.32 bits per heavy atom. The topological polar surface area (TPSA) is 29.3 Å². The largest absolute Gasteiger partial charge is 0.368 e. The third-order valence-corrected chi connectivity index (χ3v) is 4.38. The quantitative estimate of drug-likeness (QED) is 0.753. The lowest BCUT2D eigenvalue weighted by atomic mass is 9.98. The Bertz CT molecular complexity index is 389. The number of hydrogen-bond acceptors (Lipinski definition) is 2. The lowest BCUT2D eigenvalue weighted by Gasteiger charge is -2.28. The van der Waals surface area contributed by atoms with Crippen molar-refractivity contribution in [2.24, 2.45) is 5.73 Å². The normalized spacial score (nSPS) is 19.5. The smallest absolute Gasteiger partial charge is 0.0404 e. The Morgan fingerprint density at radius 3 is 2.84 bits per heavy atom. The second-order valence-electron chi connectivity index (χ2n) is 5.83. The summed E-state index contributed by atoms with van der Waals surface area (Å²) >= 11 is 0. The molecule has 2 unspecified atom stereocenters. The van der Waals surface area contributed by atoms with Crippen molar-refractivity contribution >= 4 is 5.69 Å². The summed E-state index contributed by atoms with van der Waals surface area (Å²) in [6.45, 7) is 6.59. The van der Waals surface area contributed by atoms with E-state index in [9.17, 15) is 0 Å². The number of benzene rings is 1. The van der Waals surface area contributed by atoms with Crippen LogP contribution < -0.4 is 10.6 Å². The van der Waals surface area contributed by atoms with Gasteiger partial charge in [0.2, 0.25) is 0 Å². The minimum atomic E-state index is 0.634. The minimum Gasteiger partial charge on any atom is -0.368 e. The van der Waals surface area contributed by atoms with Crippen molar-refractivity contribution in [2.45, 2.75) is 57.9 Å². The molecule has 2 atom stereocenters. The van der Waals surface area contributed by atoms with Crippen LogP contribution in [0.25, 0.3) is 0 Å². The average molecular weight is 260 g/mol. The van der Waals surface area contributed by atoms with Gasteiger partial charge in [0, 0.05) is 24.2 Å². The van der Waals surface area contributed by atoms with Gasteiger partial charge < -0.3 is 10.6 Å². The van der Waals surface area contributed by atoms with E-state index >= 15 is 0 Å². The molecule has 2 rings (SSSR count). The maximum absolute atomic E-state index is 5.77. The van der Waals surface area contributed by atoms with E-state index in [4.69, 9.17) is 5.73 Å². The van der Waals surface area contributed by atoms with Crippen molar-refractivity contribution in [3.05, 3.63) is 29.8 Å². The highest BCUT2D eigenvalue weighted by molar-refractivity contribution is 5.60. The van der Waals surface area contributed by atoms with Crippen molar-refractivity contribution in [2.75, 3.05) is 18.0 Å². The zero-order valence-corrected chi connectivity index (χ0v) is 12.4. The van der Waals surface area contributed by atoms with E-state index in [1.165, 1.54) is 36.9 Å². The lowest BCUT2D eigenvalue weighted by Crippen LogP contribution is -2.32. The molecule has 0 fully saturated rings. The summed E-state index contributed by atoms with van der Waals surface area (Å²) in [5, 5.41) is 0. The maximum atomic E-state index is 5.77. The summed E-state index contributed by atoms with van der Waals surface area (Å²) < 4.78 is 0. The molecule has 0 radical (unpaired) electrons. The molecule has 1 heterocycles. The average Bonchev–Trinajstić information content (AvgIpc) is 2.79. The number of hydrogen-bond donors (Lipinski definition) is 1. The minimum absolute atomic E-state index is 0.634. The molecule has 0 bridgehead atoms. The van der Waals surface area contributed by atoms with Crippen LogP contribution in [0.4, 0.5) is 5.69 Å². The maximum Gasteiger partial charge on any atom is 0.0404 e. The van der Waals surface area contributed by atoms with Crippen LogP contribution in [0.15, 0.2) is 24.3 Å². The van der Waals surface area contributed by atoms with E-state index in [1.807, 2.05) is 0 Å². The zero-order chi connectivity index (χ0) is 13.7. The Morgan fingerprint density at radius 2 is 2.11 bits per heavy atom. The third kappa shape index (κ3) is 3.30. The van der Waals surface area contributed by atoms with Crippen LogP contribution in [0.2, 0.25) is 0 Å². The second kappa shape index (κ2) is 6.95. The molecule has 19 heavy (non-hydrogen) atoms. The highest BCUT2D eigenvalue weighted by Gasteiger charge is 2.29. The van der Waals surface area contributed by atoms with E-state index in [0.717, 1.165) is 19.5 Å². The molecule has 2 N–H and O–H groups in total. The molecular formula is C17H28N2. The molecule has 0 aromatic heterocycles.